The number of aliphatic hydroxyl groups excluding tert-OH is 1. The molecule has 2 unspecified atom stereocenters. The van der Waals surface area contributed by atoms with Gasteiger partial charge in [0.2, 0.25) is 0 Å². The lowest BCUT2D eigenvalue weighted by molar-refractivity contribution is 0.137. The van der Waals surface area contributed by atoms with Crippen LogP contribution in [0.5, 0.6) is 5.75 Å². The number of methoxy groups -OCH3 is 1. The number of guanidine groups is 1. The monoisotopic (exact) mass is 477 g/mol. The lowest BCUT2D eigenvalue weighted by atomic mass is 10.1. The van der Waals surface area contributed by atoms with Gasteiger partial charge in [0.15, 0.2) is 5.96 Å². The molecule has 3 N–H and O–H groups in total. The number of nitrogens with one attached hydrogen (secondary N) is 2. The van der Waals surface area contributed by atoms with Gasteiger partial charge in [-0.15, -0.1) is 24.0 Å². The molecule has 0 heterocycles. The molecular weight excluding hydrogens is 445 g/mol. The average Bonchev–Trinajstić information content (AvgIpc) is 3.02. The van der Waals surface area contributed by atoms with Gasteiger partial charge >= 0.3 is 0 Å². The topological polar surface area (TPSA) is 75.1 Å². The summed E-state index contributed by atoms with van der Waals surface area (Å²) in [6.07, 6.45) is 3.69. The van der Waals surface area contributed by atoms with Crippen molar-refractivity contribution in [2.24, 2.45) is 10.9 Å². The Bertz CT molecular complexity index is 543. The van der Waals surface area contributed by atoms with Crippen molar-refractivity contribution >= 4 is 35.6 Å². The highest BCUT2D eigenvalue weighted by atomic mass is 127. The number of rotatable bonds is 9. The number of nitrogens with zero attached hydrogens (tertiary/aromatic N) is 1. The minimum absolute atomic E-state index is 0. The van der Waals surface area contributed by atoms with Crippen LogP contribution in [0.2, 0.25) is 0 Å². The second kappa shape index (κ2) is 13.2. The largest absolute Gasteiger partial charge is 0.493 e. The van der Waals surface area contributed by atoms with Crippen molar-refractivity contribution in [1.82, 2.24) is 5.32 Å². The summed E-state index contributed by atoms with van der Waals surface area (Å²) >= 11 is 0. The number of halogens is 1. The van der Waals surface area contributed by atoms with Crippen molar-refractivity contribution in [3.8, 4) is 5.75 Å². The predicted octanol–water partition coefficient (Wildman–Crippen LogP) is 3.26. The Kier molecular flexibility index (Phi) is 11.6. The van der Waals surface area contributed by atoms with Crippen LogP contribution in [0.3, 0.4) is 0 Å². The van der Waals surface area contributed by atoms with Gasteiger partial charge in [0.25, 0.3) is 0 Å². The quantitative estimate of drug-likeness (QED) is 0.220. The molecule has 0 saturated heterocycles. The van der Waals surface area contributed by atoms with Crippen LogP contribution >= 0.6 is 24.0 Å². The fourth-order valence-electron chi connectivity index (χ4n) is 2.94. The molecule has 0 amide bonds. The highest BCUT2D eigenvalue weighted by Gasteiger charge is 2.24. The van der Waals surface area contributed by atoms with Crippen molar-refractivity contribution in [3.63, 3.8) is 0 Å². The second-order valence-corrected chi connectivity index (χ2v) is 6.33. The zero-order valence-electron chi connectivity index (χ0n) is 15.7. The van der Waals surface area contributed by atoms with Crippen LogP contribution in [0.15, 0.2) is 29.3 Å². The van der Waals surface area contributed by atoms with Gasteiger partial charge in [0.05, 0.1) is 12.7 Å². The van der Waals surface area contributed by atoms with Crippen LogP contribution in [0.25, 0.3) is 0 Å². The molecule has 1 aliphatic rings. The molecule has 26 heavy (non-hydrogen) atoms. The fourth-order valence-corrected chi connectivity index (χ4v) is 2.94. The Morgan fingerprint density at radius 3 is 2.85 bits per heavy atom. The molecule has 1 saturated carbocycles. The minimum Gasteiger partial charge on any atom is -0.493 e. The summed E-state index contributed by atoms with van der Waals surface area (Å²) in [6.45, 7) is 4.79. The van der Waals surface area contributed by atoms with E-state index in [1.54, 1.807) is 7.11 Å². The molecule has 0 aromatic heterocycles. The zero-order valence-corrected chi connectivity index (χ0v) is 18.1. The normalized spacial score (nSPS) is 19.7. The van der Waals surface area contributed by atoms with E-state index in [4.69, 9.17) is 9.47 Å². The Morgan fingerprint density at radius 2 is 2.15 bits per heavy atom. The van der Waals surface area contributed by atoms with Gasteiger partial charge in [-0.1, -0.05) is 12.5 Å². The van der Waals surface area contributed by atoms with Gasteiger partial charge in [-0.2, -0.15) is 0 Å². The molecule has 0 aliphatic heterocycles. The first kappa shape index (κ1) is 23.0. The van der Waals surface area contributed by atoms with Crippen LogP contribution in [-0.4, -0.2) is 50.6 Å². The van der Waals surface area contributed by atoms with Gasteiger partial charge in [0, 0.05) is 50.9 Å². The van der Waals surface area contributed by atoms with Gasteiger partial charge < -0.3 is 25.2 Å². The molecule has 0 bridgehead atoms. The first-order valence-electron chi connectivity index (χ1n) is 9.18. The first-order chi connectivity index (χ1) is 12.2. The summed E-state index contributed by atoms with van der Waals surface area (Å²) < 4.78 is 10.8. The highest BCUT2D eigenvalue weighted by molar-refractivity contribution is 14.0. The maximum atomic E-state index is 9.94. The zero-order chi connectivity index (χ0) is 17.9. The van der Waals surface area contributed by atoms with E-state index in [-0.39, 0.29) is 36.0 Å². The summed E-state index contributed by atoms with van der Waals surface area (Å²) in [6, 6.07) is 7.85. The number of aliphatic imine (C=N–C) groups is 1. The second-order valence-electron chi connectivity index (χ2n) is 6.33. The van der Waals surface area contributed by atoms with Crippen LogP contribution < -0.4 is 15.4 Å². The van der Waals surface area contributed by atoms with E-state index in [0.717, 1.165) is 49.6 Å². The maximum absolute atomic E-state index is 9.94. The highest BCUT2D eigenvalue weighted by Crippen LogP contribution is 2.25. The molecule has 2 atom stereocenters. The summed E-state index contributed by atoms with van der Waals surface area (Å²) in [5.74, 6) is 1.83. The summed E-state index contributed by atoms with van der Waals surface area (Å²) in [5.41, 5.74) is 0.927. The van der Waals surface area contributed by atoms with E-state index in [1.165, 1.54) is 0 Å². The number of hydrogen-bond donors (Lipinski definition) is 3. The van der Waals surface area contributed by atoms with E-state index in [2.05, 4.69) is 15.6 Å². The van der Waals surface area contributed by atoms with Gasteiger partial charge in [-0.05, 0) is 31.9 Å². The molecule has 148 valence electrons. The van der Waals surface area contributed by atoms with Crippen LogP contribution in [0.4, 0.5) is 5.69 Å². The van der Waals surface area contributed by atoms with E-state index in [9.17, 15) is 5.11 Å². The SMILES string of the molecule is CCNC(=NCC1CCCC1O)Nc1cccc(OCCCOC)c1.I. The predicted molar refractivity (Wildman–Crippen MR) is 117 cm³/mol. The summed E-state index contributed by atoms with van der Waals surface area (Å²) in [7, 11) is 1.69. The Morgan fingerprint density at radius 1 is 1.31 bits per heavy atom. The molecule has 0 spiro atoms. The van der Waals surface area contributed by atoms with Crippen molar-refractivity contribution in [2.75, 3.05) is 38.7 Å². The van der Waals surface area contributed by atoms with Gasteiger partial charge in [-0.25, -0.2) is 0 Å². The van der Waals surface area contributed by atoms with E-state index >= 15 is 0 Å². The van der Waals surface area contributed by atoms with Crippen LogP contribution in [0.1, 0.15) is 32.6 Å². The average molecular weight is 477 g/mol. The number of benzene rings is 1. The molecule has 7 heteroatoms. The molecule has 0 radical (unpaired) electrons. The van der Waals surface area contributed by atoms with Crippen molar-refractivity contribution in [1.29, 1.82) is 0 Å². The summed E-state index contributed by atoms with van der Waals surface area (Å²) in [4.78, 5) is 4.63. The molecule has 1 fully saturated rings. The van der Waals surface area contributed by atoms with Gasteiger partial charge in [0.1, 0.15) is 5.75 Å². The lowest BCUT2D eigenvalue weighted by Crippen LogP contribution is -2.31. The fraction of sp³-hybridized carbons (Fsp3) is 0.632. The Hall–Kier alpha value is -1.06. The van der Waals surface area contributed by atoms with E-state index < -0.39 is 0 Å². The summed E-state index contributed by atoms with van der Waals surface area (Å²) in [5, 5.41) is 16.5. The lowest BCUT2D eigenvalue weighted by Gasteiger charge is -2.15. The first-order valence-corrected chi connectivity index (χ1v) is 9.18. The van der Waals surface area contributed by atoms with Crippen molar-refractivity contribution in [3.05, 3.63) is 24.3 Å². The third-order valence-electron chi connectivity index (χ3n) is 4.31. The number of hydrogen-bond acceptors (Lipinski definition) is 4. The van der Waals surface area contributed by atoms with Gasteiger partial charge in [-0.3, -0.25) is 4.99 Å². The molecule has 1 aliphatic carbocycles. The van der Waals surface area contributed by atoms with Crippen LogP contribution in [0, 0.1) is 5.92 Å². The number of anilines is 1. The third kappa shape index (κ3) is 8.09. The molecular formula is C19H32IN3O3. The number of aliphatic hydroxyl groups is 1. The maximum Gasteiger partial charge on any atom is 0.195 e. The molecule has 6 nitrogen and oxygen atoms in total. The third-order valence-corrected chi connectivity index (χ3v) is 4.31. The molecule has 1 aromatic rings. The van der Waals surface area contributed by atoms with E-state index in [0.29, 0.717) is 19.8 Å². The van der Waals surface area contributed by atoms with E-state index in [1.807, 2.05) is 31.2 Å². The Balaban J connectivity index is 0.00000338. The van der Waals surface area contributed by atoms with Crippen molar-refractivity contribution in [2.45, 2.75) is 38.7 Å². The standard InChI is InChI=1S/C19H31N3O3.HI/c1-3-20-19(21-14-15-7-4-10-18(15)23)22-16-8-5-9-17(13-16)25-12-6-11-24-2;/h5,8-9,13,15,18,23H,3-4,6-7,10-12,14H2,1-2H3,(H2,20,21,22);1H. The van der Waals surface area contributed by atoms with Crippen molar-refractivity contribution < 1.29 is 14.6 Å². The van der Waals surface area contributed by atoms with Crippen LogP contribution in [-0.2, 0) is 4.74 Å². The smallest absolute Gasteiger partial charge is 0.195 e. The number of ether oxygens (including phenoxy) is 2. The molecule has 1 aromatic carbocycles. The minimum atomic E-state index is -0.213. The molecule has 2 rings (SSSR count). The Labute approximate surface area is 173 Å².